The predicted molar refractivity (Wildman–Crippen MR) is 58.6 cm³/mol. The summed E-state index contributed by atoms with van der Waals surface area (Å²) in [6, 6.07) is -0.309. The van der Waals surface area contributed by atoms with E-state index < -0.39 is 0 Å². The predicted octanol–water partition coefficient (Wildman–Crippen LogP) is 1.64. The van der Waals surface area contributed by atoms with Gasteiger partial charge in [-0.1, -0.05) is 0 Å². The number of hydrogen-bond acceptors (Lipinski definition) is 4. The topological polar surface area (TPSA) is 71.7 Å². The van der Waals surface area contributed by atoms with Gasteiger partial charge in [0, 0.05) is 18.1 Å². The molecule has 0 aliphatic carbocycles. The third-order valence-electron chi connectivity index (χ3n) is 2.66. The summed E-state index contributed by atoms with van der Waals surface area (Å²) in [4.78, 5) is 10.7. The standard InChI is InChI=1S/C11H17NO4/c1-6(5-16-9(4)13)12-10(14)7(2)8(3)11(12)15/h6,14-15H,5H2,1-4H3/t6-/m0/s1. The van der Waals surface area contributed by atoms with Gasteiger partial charge in [0.1, 0.15) is 6.61 Å². The van der Waals surface area contributed by atoms with Crippen molar-refractivity contribution in [2.24, 2.45) is 0 Å². The zero-order chi connectivity index (χ0) is 12.5. The largest absolute Gasteiger partial charge is 0.494 e. The van der Waals surface area contributed by atoms with Crippen LogP contribution in [0.3, 0.4) is 0 Å². The van der Waals surface area contributed by atoms with Crippen LogP contribution in [0.5, 0.6) is 11.8 Å². The molecular weight excluding hydrogens is 210 g/mol. The number of nitrogens with zero attached hydrogens (tertiary/aromatic N) is 1. The molecule has 1 aromatic rings. The Morgan fingerprint density at radius 2 is 1.75 bits per heavy atom. The molecule has 5 heteroatoms. The molecule has 0 amide bonds. The second-order valence-electron chi connectivity index (χ2n) is 3.92. The first-order valence-corrected chi connectivity index (χ1v) is 5.09. The first kappa shape index (κ1) is 12.4. The van der Waals surface area contributed by atoms with Gasteiger partial charge in [0.05, 0.1) is 6.04 Å². The molecule has 1 atom stereocenters. The summed E-state index contributed by atoms with van der Waals surface area (Å²) in [7, 11) is 0. The van der Waals surface area contributed by atoms with E-state index in [2.05, 4.69) is 0 Å². The lowest BCUT2D eigenvalue weighted by atomic mass is 10.2. The molecule has 5 nitrogen and oxygen atoms in total. The van der Waals surface area contributed by atoms with Crippen LogP contribution < -0.4 is 0 Å². The number of rotatable bonds is 3. The van der Waals surface area contributed by atoms with Crippen LogP contribution in [0.15, 0.2) is 0 Å². The summed E-state index contributed by atoms with van der Waals surface area (Å²) in [6.07, 6.45) is 0. The molecule has 90 valence electrons. The molecule has 0 saturated carbocycles. The number of carbonyl (C=O) groups is 1. The van der Waals surface area contributed by atoms with Gasteiger partial charge in [0.15, 0.2) is 11.8 Å². The third-order valence-corrected chi connectivity index (χ3v) is 2.66. The molecule has 0 fully saturated rings. The van der Waals surface area contributed by atoms with E-state index in [0.717, 1.165) is 0 Å². The highest BCUT2D eigenvalue weighted by Gasteiger charge is 2.20. The van der Waals surface area contributed by atoms with Gasteiger partial charge in [0.2, 0.25) is 0 Å². The average Bonchev–Trinajstić information content (AvgIpc) is 2.40. The summed E-state index contributed by atoms with van der Waals surface area (Å²) < 4.78 is 6.19. The van der Waals surface area contributed by atoms with Crippen LogP contribution in [0, 0.1) is 13.8 Å². The Hall–Kier alpha value is -1.65. The van der Waals surface area contributed by atoms with Crippen molar-refractivity contribution in [1.29, 1.82) is 0 Å². The van der Waals surface area contributed by atoms with Gasteiger partial charge in [-0.3, -0.25) is 9.36 Å². The van der Waals surface area contributed by atoms with Gasteiger partial charge >= 0.3 is 5.97 Å². The molecule has 1 heterocycles. The van der Waals surface area contributed by atoms with E-state index in [1.807, 2.05) is 0 Å². The lowest BCUT2D eigenvalue weighted by Gasteiger charge is -2.15. The Bertz CT molecular complexity index is 383. The average molecular weight is 227 g/mol. The zero-order valence-corrected chi connectivity index (χ0v) is 9.94. The number of hydrogen-bond donors (Lipinski definition) is 2. The Kier molecular flexibility index (Phi) is 3.47. The summed E-state index contributed by atoms with van der Waals surface area (Å²) >= 11 is 0. The maximum absolute atomic E-state index is 10.7. The van der Waals surface area contributed by atoms with E-state index in [4.69, 9.17) is 4.74 Å². The highest BCUT2D eigenvalue weighted by atomic mass is 16.5. The second kappa shape index (κ2) is 4.47. The number of aromatic hydroxyl groups is 2. The molecule has 0 aliphatic rings. The van der Waals surface area contributed by atoms with E-state index in [0.29, 0.717) is 11.1 Å². The fourth-order valence-corrected chi connectivity index (χ4v) is 1.53. The third kappa shape index (κ3) is 2.13. The quantitative estimate of drug-likeness (QED) is 0.770. The summed E-state index contributed by atoms with van der Waals surface area (Å²) in [5.74, 6) is -0.365. The monoisotopic (exact) mass is 227 g/mol. The van der Waals surface area contributed by atoms with Crippen molar-refractivity contribution in [3.63, 3.8) is 0 Å². The molecule has 0 aliphatic heterocycles. The Balaban J connectivity index is 2.95. The van der Waals surface area contributed by atoms with Crippen LogP contribution in [0.1, 0.15) is 31.0 Å². The maximum Gasteiger partial charge on any atom is 0.302 e. The van der Waals surface area contributed by atoms with E-state index in [-0.39, 0.29) is 30.4 Å². The summed E-state index contributed by atoms with van der Waals surface area (Å²) in [6.45, 7) is 6.63. The Morgan fingerprint density at radius 1 is 1.31 bits per heavy atom. The van der Waals surface area contributed by atoms with E-state index in [9.17, 15) is 15.0 Å². The van der Waals surface area contributed by atoms with E-state index >= 15 is 0 Å². The zero-order valence-electron chi connectivity index (χ0n) is 9.94. The molecule has 0 aromatic carbocycles. The van der Waals surface area contributed by atoms with Gasteiger partial charge in [-0.25, -0.2) is 0 Å². The fourth-order valence-electron chi connectivity index (χ4n) is 1.53. The number of ether oxygens (including phenoxy) is 1. The van der Waals surface area contributed by atoms with Crippen molar-refractivity contribution in [1.82, 2.24) is 4.57 Å². The van der Waals surface area contributed by atoms with Gasteiger partial charge in [-0.15, -0.1) is 0 Å². The Morgan fingerprint density at radius 3 is 2.12 bits per heavy atom. The number of esters is 1. The van der Waals surface area contributed by atoms with Crippen molar-refractivity contribution < 1.29 is 19.7 Å². The molecule has 0 saturated heterocycles. The van der Waals surface area contributed by atoms with Crippen LogP contribution >= 0.6 is 0 Å². The van der Waals surface area contributed by atoms with E-state index in [1.54, 1.807) is 20.8 Å². The van der Waals surface area contributed by atoms with Crippen molar-refractivity contribution in [3.05, 3.63) is 11.1 Å². The number of carbonyl (C=O) groups excluding carboxylic acids is 1. The highest BCUT2D eigenvalue weighted by Crippen LogP contribution is 2.35. The molecular formula is C11H17NO4. The first-order chi connectivity index (χ1) is 7.36. The van der Waals surface area contributed by atoms with Crippen LogP contribution in [-0.2, 0) is 9.53 Å². The maximum atomic E-state index is 10.7. The van der Waals surface area contributed by atoms with Gasteiger partial charge in [-0.2, -0.15) is 0 Å². The molecule has 0 bridgehead atoms. The fraction of sp³-hybridized carbons (Fsp3) is 0.545. The van der Waals surface area contributed by atoms with Gasteiger partial charge < -0.3 is 14.9 Å². The molecule has 16 heavy (non-hydrogen) atoms. The van der Waals surface area contributed by atoms with Crippen LogP contribution in [0.4, 0.5) is 0 Å². The van der Waals surface area contributed by atoms with Crippen molar-refractivity contribution in [3.8, 4) is 11.8 Å². The molecule has 0 unspecified atom stereocenters. The van der Waals surface area contributed by atoms with Gasteiger partial charge in [0.25, 0.3) is 0 Å². The molecule has 0 spiro atoms. The minimum absolute atomic E-state index is 0.00894. The Labute approximate surface area is 94.3 Å². The summed E-state index contributed by atoms with van der Waals surface area (Å²) in [5, 5.41) is 19.6. The molecule has 1 rings (SSSR count). The second-order valence-corrected chi connectivity index (χ2v) is 3.92. The molecule has 0 radical (unpaired) electrons. The van der Waals surface area contributed by atoms with Crippen LogP contribution in [0.2, 0.25) is 0 Å². The number of aromatic nitrogens is 1. The highest BCUT2D eigenvalue weighted by molar-refractivity contribution is 5.65. The van der Waals surface area contributed by atoms with Crippen LogP contribution in [-0.4, -0.2) is 27.4 Å². The summed E-state index contributed by atoms with van der Waals surface area (Å²) in [5.41, 5.74) is 1.26. The van der Waals surface area contributed by atoms with Gasteiger partial charge in [-0.05, 0) is 20.8 Å². The van der Waals surface area contributed by atoms with Crippen molar-refractivity contribution >= 4 is 5.97 Å². The first-order valence-electron chi connectivity index (χ1n) is 5.09. The normalized spacial score (nSPS) is 12.5. The van der Waals surface area contributed by atoms with Crippen molar-refractivity contribution in [2.45, 2.75) is 33.7 Å². The molecule has 2 N–H and O–H groups in total. The van der Waals surface area contributed by atoms with Crippen LogP contribution in [0.25, 0.3) is 0 Å². The van der Waals surface area contributed by atoms with E-state index in [1.165, 1.54) is 11.5 Å². The lowest BCUT2D eigenvalue weighted by Crippen LogP contribution is -2.13. The SMILES string of the molecule is CC(=O)OC[C@H](C)n1c(O)c(C)c(C)c1O. The smallest absolute Gasteiger partial charge is 0.302 e. The molecule has 1 aromatic heterocycles. The minimum atomic E-state index is -0.383. The lowest BCUT2D eigenvalue weighted by molar-refractivity contribution is -0.142. The van der Waals surface area contributed by atoms with Crippen molar-refractivity contribution in [2.75, 3.05) is 6.61 Å². The minimum Gasteiger partial charge on any atom is -0.494 e.